The van der Waals surface area contributed by atoms with Crippen LogP contribution in [0.5, 0.6) is 0 Å². The van der Waals surface area contributed by atoms with Gasteiger partial charge in [0.25, 0.3) is 0 Å². The molecule has 5 rings (SSSR count). The Labute approximate surface area is 182 Å². The van der Waals surface area contributed by atoms with Gasteiger partial charge in [0.1, 0.15) is 6.10 Å². The second-order valence-electron chi connectivity index (χ2n) is 9.76. The average Bonchev–Trinajstić information content (AvgIpc) is 2.74. The molecule has 1 aromatic carbocycles. The van der Waals surface area contributed by atoms with Crippen LogP contribution in [0.25, 0.3) is 0 Å². The molecule has 3 heterocycles. The van der Waals surface area contributed by atoms with Crippen LogP contribution < -0.4 is 5.32 Å². The Kier molecular flexibility index (Phi) is 7.70. The largest absolute Gasteiger partial charge is 0.445 e. The van der Waals surface area contributed by atoms with Gasteiger partial charge in [-0.05, 0) is 68.2 Å². The summed E-state index contributed by atoms with van der Waals surface area (Å²) in [4.78, 5) is 15.5. The Morgan fingerprint density at radius 2 is 1.77 bits per heavy atom. The van der Waals surface area contributed by atoms with Crippen molar-refractivity contribution in [3.63, 3.8) is 0 Å². The number of rotatable bonds is 6. The van der Waals surface area contributed by atoms with E-state index in [0.717, 1.165) is 19.4 Å². The van der Waals surface area contributed by atoms with Crippen molar-refractivity contribution in [3.05, 3.63) is 35.4 Å². The maximum absolute atomic E-state index is 13.1. The van der Waals surface area contributed by atoms with Gasteiger partial charge in [0.2, 0.25) is 0 Å². The molecule has 1 aliphatic carbocycles. The first-order valence-corrected chi connectivity index (χ1v) is 12.5. The van der Waals surface area contributed by atoms with Crippen molar-refractivity contribution in [2.24, 2.45) is 11.8 Å². The summed E-state index contributed by atoms with van der Waals surface area (Å²) in [5, 5.41) is 3.38. The van der Waals surface area contributed by atoms with E-state index in [1.165, 1.54) is 82.0 Å². The van der Waals surface area contributed by atoms with E-state index in [-0.39, 0.29) is 18.2 Å². The number of benzene rings is 1. The first-order chi connectivity index (χ1) is 14.7. The number of nitrogens with zero attached hydrogens (tertiary/aromatic N) is 1. The van der Waals surface area contributed by atoms with Crippen LogP contribution in [-0.2, 0) is 11.2 Å². The van der Waals surface area contributed by atoms with E-state index in [0.29, 0.717) is 11.8 Å². The second-order valence-corrected chi connectivity index (χ2v) is 9.76. The summed E-state index contributed by atoms with van der Waals surface area (Å²) >= 11 is 0. The number of alkyl carbamates (subject to hydrolysis) is 1. The third-order valence-corrected chi connectivity index (χ3v) is 7.66. The highest BCUT2D eigenvalue weighted by atomic mass is 16.6. The molecule has 2 bridgehead atoms. The minimum absolute atomic E-state index is 0.0661. The number of carbonyl (C=O) groups excluding carboxylic acids is 1. The number of carbonyl (C=O) groups is 1. The molecule has 4 heteroatoms. The smallest absolute Gasteiger partial charge is 0.407 e. The zero-order chi connectivity index (χ0) is 20.8. The molecule has 1 N–H and O–H groups in total. The lowest BCUT2D eigenvalue weighted by Crippen LogP contribution is -2.53. The van der Waals surface area contributed by atoms with Gasteiger partial charge in [0.05, 0.1) is 6.04 Å². The average molecular weight is 413 g/mol. The van der Waals surface area contributed by atoms with Crippen molar-refractivity contribution >= 4 is 6.09 Å². The summed E-state index contributed by atoms with van der Waals surface area (Å²) < 4.78 is 6.03. The first kappa shape index (κ1) is 21.7. The van der Waals surface area contributed by atoms with Gasteiger partial charge in [-0.1, -0.05) is 69.7 Å². The summed E-state index contributed by atoms with van der Waals surface area (Å²) in [6.45, 7) is 5.48. The minimum atomic E-state index is -0.202. The normalized spacial score (nSPS) is 28.4. The van der Waals surface area contributed by atoms with Crippen molar-refractivity contribution in [3.8, 4) is 0 Å². The number of amides is 1. The Balaban J connectivity index is 1.50. The molecule has 1 amide bonds. The molecule has 166 valence electrons. The molecule has 0 aromatic heterocycles. The number of piperidine rings is 3. The Bertz CT molecular complexity index is 675. The highest BCUT2D eigenvalue weighted by molar-refractivity contribution is 5.68. The fraction of sp³-hybridized carbons (Fsp3) is 0.731. The van der Waals surface area contributed by atoms with Gasteiger partial charge >= 0.3 is 6.09 Å². The van der Waals surface area contributed by atoms with Gasteiger partial charge in [0, 0.05) is 6.54 Å². The molecule has 0 radical (unpaired) electrons. The van der Waals surface area contributed by atoms with Gasteiger partial charge in [-0.15, -0.1) is 0 Å². The van der Waals surface area contributed by atoms with Crippen LogP contribution in [0.2, 0.25) is 0 Å². The molecule has 1 saturated carbocycles. The van der Waals surface area contributed by atoms with Crippen LogP contribution in [0, 0.1) is 11.8 Å². The Hall–Kier alpha value is -1.55. The summed E-state index contributed by atoms with van der Waals surface area (Å²) in [6.07, 6.45) is 13.3. The third kappa shape index (κ3) is 5.38. The molecule has 3 saturated heterocycles. The van der Waals surface area contributed by atoms with Crippen molar-refractivity contribution in [2.45, 2.75) is 89.7 Å². The van der Waals surface area contributed by atoms with E-state index in [1.54, 1.807) is 0 Å². The van der Waals surface area contributed by atoms with Crippen LogP contribution in [0.15, 0.2) is 24.3 Å². The number of nitrogens with one attached hydrogen (secondary N) is 1. The molecule has 2 atom stereocenters. The van der Waals surface area contributed by atoms with Crippen LogP contribution in [0.4, 0.5) is 4.79 Å². The van der Waals surface area contributed by atoms with Crippen molar-refractivity contribution in [1.29, 1.82) is 0 Å². The van der Waals surface area contributed by atoms with E-state index in [9.17, 15) is 4.79 Å². The molecule has 3 aliphatic heterocycles. The molecular weight excluding hydrogens is 372 g/mol. The fourth-order valence-electron chi connectivity index (χ4n) is 5.95. The third-order valence-electron chi connectivity index (χ3n) is 7.66. The van der Waals surface area contributed by atoms with Gasteiger partial charge in [-0.2, -0.15) is 0 Å². The standard InChI is InChI=1S/C26H40N2O2/c1-2-10-20-11-8-9-14-23(20)25(22-12-6-4-3-5-7-13-22)27-26(29)30-24-19-28-17-15-21(24)16-18-28/h8-9,11,14,21-22,24-25H,2-7,10,12-13,15-19H2,1H3,(H,27,29). The van der Waals surface area contributed by atoms with Gasteiger partial charge in [-0.25, -0.2) is 4.79 Å². The SMILES string of the molecule is CCCc1ccccc1C(NC(=O)OC1CN2CCC1CC2)C1CCCCCCC1. The van der Waals surface area contributed by atoms with E-state index >= 15 is 0 Å². The number of aryl methyl sites for hydroxylation is 1. The zero-order valence-electron chi connectivity index (χ0n) is 18.8. The predicted octanol–water partition coefficient (Wildman–Crippen LogP) is 5.86. The number of fused-ring (bicyclic) bond motifs is 3. The van der Waals surface area contributed by atoms with Crippen molar-refractivity contribution < 1.29 is 9.53 Å². The van der Waals surface area contributed by atoms with E-state index in [2.05, 4.69) is 41.4 Å². The van der Waals surface area contributed by atoms with Crippen molar-refractivity contribution in [1.82, 2.24) is 10.2 Å². The summed E-state index contributed by atoms with van der Waals surface area (Å²) in [5.74, 6) is 1.05. The van der Waals surface area contributed by atoms with Gasteiger partial charge in [0.15, 0.2) is 0 Å². The van der Waals surface area contributed by atoms with E-state index in [4.69, 9.17) is 4.74 Å². The number of hydrogen-bond donors (Lipinski definition) is 1. The molecule has 0 spiro atoms. The highest BCUT2D eigenvalue weighted by Crippen LogP contribution is 2.35. The second kappa shape index (κ2) is 10.7. The van der Waals surface area contributed by atoms with Gasteiger partial charge in [-0.3, -0.25) is 4.90 Å². The number of ether oxygens (including phenoxy) is 1. The Morgan fingerprint density at radius 3 is 2.43 bits per heavy atom. The summed E-state index contributed by atoms with van der Waals surface area (Å²) in [5.41, 5.74) is 2.70. The van der Waals surface area contributed by atoms with Gasteiger partial charge < -0.3 is 10.1 Å². The maximum Gasteiger partial charge on any atom is 0.407 e. The lowest BCUT2D eigenvalue weighted by molar-refractivity contribution is -0.0345. The molecule has 4 aliphatic rings. The molecule has 30 heavy (non-hydrogen) atoms. The molecule has 4 nitrogen and oxygen atoms in total. The van der Waals surface area contributed by atoms with Crippen molar-refractivity contribution in [2.75, 3.05) is 19.6 Å². The van der Waals surface area contributed by atoms with Crippen LogP contribution in [0.1, 0.15) is 88.3 Å². The van der Waals surface area contributed by atoms with Crippen LogP contribution >= 0.6 is 0 Å². The molecule has 4 fully saturated rings. The van der Waals surface area contributed by atoms with E-state index in [1.807, 2.05) is 0 Å². The fourth-order valence-corrected chi connectivity index (χ4v) is 5.95. The summed E-state index contributed by atoms with van der Waals surface area (Å²) in [7, 11) is 0. The molecular formula is C26H40N2O2. The predicted molar refractivity (Wildman–Crippen MR) is 122 cm³/mol. The molecule has 2 unspecified atom stereocenters. The lowest BCUT2D eigenvalue weighted by Gasteiger charge is -2.44. The minimum Gasteiger partial charge on any atom is -0.445 e. The molecule has 1 aromatic rings. The maximum atomic E-state index is 13.1. The first-order valence-electron chi connectivity index (χ1n) is 12.5. The van der Waals surface area contributed by atoms with E-state index < -0.39 is 0 Å². The topological polar surface area (TPSA) is 41.6 Å². The highest BCUT2D eigenvalue weighted by Gasteiger charge is 2.37. The van der Waals surface area contributed by atoms with Crippen LogP contribution in [0.3, 0.4) is 0 Å². The summed E-state index contributed by atoms with van der Waals surface area (Å²) in [6, 6.07) is 8.82. The quantitative estimate of drug-likeness (QED) is 0.636. The lowest BCUT2D eigenvalue weighted by atomic mass is 9.81. The monoisotopic (exact) mass is 412 g/mol. The van der Waals surface area contributed by atoms with Crippen LogP contribution in [-0.4, -0.2) is 36.7 Å². The number of hydrogen-bond acceptors (Lipinski definition) is 3. The Morgan fingerprint density at radius 1 is 1.07 bits per heavy atom. The zero-order valence-corrected chi connectivity index (χ0v) is 18.8.